The normalized spacial score (nSPS) is 10.6. The van der Waals surface area contributed by atoms with Crippen molar-refractivity contribution in [2.24, 2.45) is 0 Å². The summed E-state index contributed by atoms with van der Waals surface area (Å²) in [6.45, 7) is 0. The summed E-state index contributed by atoms with van der Waals surface area (Å²) < 4.78 is 35.1. The first kappa shape index (κ1) is 10.9. The van der Waals surface area contributed by atoms with E-state index in [0.717, 1.165) is 0 Å². The number of benzene rings is 1. The first-order valence-corrected chi connectivity index (χ1v) is 3.05. The molecule has 0 heterocycles. The lowest BCUT2D eigenvalue weighted by Crippen LogP contribution is -2.87. The van der Waals surface area contributed by atoms with Gasteiger partial charge in [-0.05, 0) is 12.1 Å². The quantitative estimate of drug-likeness (QED) is 0.511. The van der Waals surface area contributed by atoms with Crippen LogP contribution in [-0.2, 0) is 0 Å². The molecule has 0 spiro atoms. The molecule has 0 atom stereocenters. The summed E-state index contributed by atoms with van der Waals surface area (Å²) in [5.41, 5.74) is 0.181. The van der Waals surface area contributed by atoms with E-state index in [9.17, 15) is 13.2 Å². The molecule has 0 aliphatic rings. The molecule has 0 amide bonds. The Morgan fingerprint density at radius 1 is 1.00 bits per heavy atom. The molecule has 12 heavy (non-hydrogen) atoms. The second-order valence-electron chi connectivity index (χ2n) is 2.10. The molecule has 0 aromatic heterocycles. The minimum absolute atomic E-state index is 0. The van der Waals surface area contributed by atoms with Gasteiger partial charge in [-0.2, -0.15) is 0 Å². The maximum atomic E-state index is 11.7. The molecule has 0 saturated carbocycles. The molecule has 1 aromatic carbocycles. The van der Waals surface area contributed by atoms with E-state index in [1.165, 1.54) is 12.1 Å². The molecule has 0 unspecified atom stereocenters. The van der Waals surface area contributed by atoms with Crippen LogP contribution in [0.4, 0.5) is 18.9 Å². The minimum atomic E-state index is -4.22. The fourth-order valence-electron chi connectivity index (χ4n) is 0.738. The van der Waals surface area contributed by atoms with E-state index in [1.54, 1.807) is 18.2 Å². The van der Waals surface area contributed by atoms with Crippen LogP contribution in [0.1, 0.15) is 0 Å². The number of hydrogen-bond donors (Lipinski definition) is 1. The van der Waals surface area contributed by atoms with Crippen LogP contribution in [0, 0.1) is 0 Å². The topological polar surface area (TPSA) is 46.6 Å². The van der Waals surface area contributed by atoms with Gasteiger partial charge < -0.3 is 5.48 Å². The predicted molar refractivity (Wildman–Crippen MR) is 36.0 cm³/mol. The maximum Gasteiger partial charge on any atom is 0.562 e. The molecule has 0 radical (unpaired) electrons. The van der Waals surface area contributed by atoms with Gasteiger partial charge in [0.05, 0.1) is 0 Å². The van der Waals surface area contributed by atoms with Gasteiger partial charge in [0, 0.05) is 0 Å². The average molecular weight is 179 g/mol. The van der Waals surface area contributed by atoms with Gasteiger partial charge in [0.1, 0.15) is 5.69 Å². The number of rotatable bonds is 1. The second-order valence-corrected chi connectivity index (χ2v) is 2.10. The molecule has 0 aliphatic carbocycles. The number of para-hydroxylation sites is 1. The number of hydrogen-bond acceptors (Lipinski definition) is 1. The van der Waals surface area contributed by atoms with E-state index in [-0.39, 0.29) is 16.5 Å². The third kappa shape index (κ3) is 3.95. The van der Waals surface area contributed by atoms with Gasteiger partial charge in [-0.1, -0.05) is 18.2 Å². The van der Waals surface area contributed by atoms with Crippen LogP contribution in [0.2, 0.25) is 0 Å². The van der Waals surface area contributed by atoms with Crippen molar-refractivity contribution < 1.29 is 24.0 Å². The minimum Gasteiger partial charge on any atom is -0.870 e. The Kier molecular flexibility index (Phi) is 3.72. The van der Waals surface area contributed by atoms with E-state index in [2.05, 4.69) is 0 Å². The summed E-state index contributed by atoms with van der Waals surface area (Å²) >= 11 is 0. The van der Waals surface area contributed by atoms with Crippen molar-refractivity contribution in [1.29, 1.82) is 0 Å². The lowest BCUT2D eigenvalue weighted by molar-refractivity contribution is -0.754. The van der Waals surface area contributed by atoms with Crippen LogP contribution in [-0.4, -0.2) is 11.8 Å². The van der Waals surface area contributed by atoms with E-state index < -0.39 is 6.30 Å². The lowest BCUT2D eigenvalue weighted by Gasteiger charge is -2.01. The summed E-state index contributed by atoms with van der Waals surface area (Å²) in [6, 6.07) is 7.63. The zero-order chi connectivity index (χ0) is 8.32. The first-order valence-electron chi connectivity index (χ1n) is 3.05. The van der Waals surface area contributed by atoms with Crippen molar-refractivity contribution in [3.63, 3.8) is 0 Å². The maximum absolute atomic E-state index is 11.7. The Balaban J connectivity index is 0.00000121. The molecule has 0 aliphatic heterocycles. The van der Waals surface area contributed by atoms with Crippen molar-refractivity contribution in [2.75, 3.05) is 0 Å². The van der Waals surface area contributed by atoms with E-state index in [0.29, 0.717) is 0 Å². The van der Waals surface area contributed by atoms with Crippen molar-refractivity contribution in [3.05, 3.63) is 30.3 Å². The molecule has 1 aromatic rings. The highest BCUT2D eigenvalue weighted by molar-refractivity contribution is 5.26. The van der Waals surface area contributed by atoms with Gasteiger partial charge in [0.2, 0.25) is 0 Å². The number of nitrogens with two attached hydrogens (primary N) is 1. The Labute approximate surface area is 67.3 Å². The molecule has 68 valence electrons. The standard InChI is InChI=1S/C7H6F3N.H2O/c8-7(9,10)11-6-4-2-1-3-5-6;/h1-5,11H;1H2. The van der Waals surface area contributed by atoms with Crippen molar-refractivity contribution in [1.82, 2.24) is 0 Å². The monoisotopic (exact) mass is 179 g/mol. The van der Waals surface area contributed by atoms with Gasteiger partial charge in [-0.15, -0.1) is 13.2 Å². The highest BCUT2D eigenvalue weighted by Crippen LogP contribution is 2.06. The van der Waals surface area contributed by atoms with Crippen LogP contribution in [0.25, 0.3) is 0 Å². The predicted octanol–water partition coefficient (Wildman–Crippen LogP) is 1.22. The summed E-state index contributed by atoms with van der Waals surface area (Å²) in [7, 11) is 0. The summed E-state index contributed by atoms with van der Waals surface area (Å²) in [5.74, 6) is 0. The summed E-state index contributed by atoms with van der Waals surface area (Å²) in [4.78, 5) is 0. The SMILES string of the molecule is FC(F)(F)[NH2+]c1ccccc1.[OH-]. The van der Waals surface area contributed by atoms with Crippen LogP contribution in [0.5, 0.6) is 0 Å². The molecule has 2 nitrogen and oxygen atoms in total. The number of alkyl halides is 3. The average Bonchev–Trinajstić information content (AvgIpc) is 1.85. The molecular weight excluding hydrogens is 171 g/mol. The zero-order valence-corrected chi connectivity index (χ0v) is 6.05. The number of quaternary nitrogens is 1. The fourth-order valence-corrected chi connectivity index (χ4v) is 0.738. The van der Waals surface area contributed by atoms with Crippen molar-refractivity contribution in [3.8, 4) is 0 Å². The zero-order valence-electron chi connectivity index (χ0n) is 6.05. The Hall–Kier alpha value is -1.07. The molecule has 5 heteroatoms. The van der Waals surface area contributed by atoms with E-state index in [1.807, 2.05) is 0 Å². The third-order valence-electron chi connectivity index (χ3n) is 1.13. The second kappa shape index (κ2) is 4.08. The highest BCUT2D eigenvalue weighted by atomic mass is 19.4. The van der Waals surface area contributed by atoms with E-state index >= 15 is 0 Å². The molecule has 0 bridgehead atoms. The molecule has 1 rings (SSSR count). The van der Waals surface area contributed by atoms with Gasteiger partial charge in [-0.25, -0.2) is 5.32 Å². The molecule has 0 saturated heterocycles. The number of halogens is 3. The van der Waals surface area contributed by atoms with Crippen LogP contribution >= 0.6 is 0 Å². The van der Waals surface area contributed by atoms with Gasteiger partial charge >= 0.3 is 6.30 Å². The largest absolute Gasteiger partial charge is 0.870 e. The van der Waals surface area contributed by atoms with Crippen LogP contribution in [0.3, 0.4) is 0 Å². The van der Waals surface area contributed by atoms with Crippen molar-refractivity contribution >= 4 is 5.69 Å². The Morgan fingerprint density at radius 2 is 1.50 bits per heavy atom. The highest BCUT2D eigenvalue weighted by Gasteiger charge is 2.33. The third-order valence-corrected chi connectivity index (χ3v) is 1.13. The van der Waals surface area contributed by atoms with Gasteiger partial charge in [-0.3, -0.25) is 0 Å². The van der Waals surface area contributed by atoms with Crippen LogP contribution in [0.15, 0.2) is 30.3 Å². The molecule has 3 N–H and O–H groups in total. The van der Waals surface area contributed by atoms with Crippen molar-refractivity contribution in [2.45, 2.75) is 6.30 Å². The Morgan fingerprint density at radius 3 is 1.92 bits per heavy atom. The smallest absolute Gasteiger partial charge is 0.562 e. The molecular formula is C7H8F3NO. The lowest BCUT2D eigenvalue weighted by atomic mass is 10.3. The van der Waals surface area contributed by atoms with Gasteiger partial charge in [0.15, 0.2) is 0 Å². The molecule has 0 fully saturated rings. The first-order chi connectivity index (χ1) is 5.08. The van der Waals surface area contributed by atoms with Gasteiger partial charge in [0.25, 0.3) is 0 Å². The van der Waals surface area contributed by atoms with Crippen LogP contribution < -0.4 is 5.32 Å². The summed E-state index contributed by atoms with van der Waals surface area (Å²) in [5, 5.41) is 0.271. The summed E-state index contributed by atoms with van der Waals surface area (Å²) in [6.07, 6.45) is -4.22. The Bertz CT molecular complexity index is 222. The van der Waals surface area contributed by atoms with E-state index in [4.69, 9.17) is 0 Å². The fraction of sp³-hybridized carbons (Fsp3) is 0.143.